The highest BCUT2D eigenvalue weighted by atomic mass is 35.5. The quantitative estimate of drug-likeness (QED) is 0.629. The van der Waals surface area contributed by atoms with Crippen LogP contribution in [-0.2, 0) is 4.74 Å². The van der Waals surface area contributed by atoms with Crippen LogP contribution < -0.4 is 0 Å². The largest absolute Gasteiger partial charge is 0.379 e. The molecule has 0 bridgehead atoms. The molecule has 0 amide bonds. The number of alkyl halides is 1. The van der Waals surface area contributed by atoms with Crippen molar-refractivity contribution in [2.24, 2.45) is 5.92 Å². The maximum Gasteiger partial charge on any atom is 0.0619 e. The third-order valence-electron chi connectivity index (χ3n) is 2.31. The molecular formula is C9H18ClNO. The Bertz CT molecular complexity index is 132. The van der Waals surface area contributed by atoms with Gasteiger partial charge in [0.15, 0.2) is 0 Å². The number of nitrogens with zero attached hydrogens (tertiary/aromatic N) is 1. The van der Waals surface area contributed by atoms with Crippen LogP contribution in [0.15, 0.2) is 0 Å². The first-order chi connectivity index (χ1) is 5.74. The Labute approximate surface area is 79.8 Å². The summed E-state index contributed by atoms with van der Waals surface area (Å²) in [6.07, 6.45) is 0. The molecule has 3 heteroatoms. The van der Waals surface area contributed by atoms with Crippen molar-refractivity contribution in [3.8, 4) is 0 Å². The molecule has 0 radical (unpaired) electrons. The molecule has 1 aliphatic rings. The number of halogens is 1. The van der Waals surface area contributed by atoms with Crippen LogP contribution in [-0.4, -0.2) is 43.1 Å². The zero-order valence-corrected chi connectivity index (χ0v) is 8.68. The minimum atomic E-state index is 0.560. The predicted molar refractivity (Wildman–Crippen MR) is 51.7 cm³/mol. The summed E-state index contributed by atoms with van der Waals surface area (Å²) in [6, 6.07) is 0.560. The van der Waals surface area contributed by atoms with Gasteiger partial charge < -0.3 is 4.74 Å². The molecule has 0 spiro atoms. The van der Waals surface area contributed by atoms with Crippen molar-refractivity contribution < 1.29 is 4.74 Å². The highest BCUT2D eigenvalue weighted by Crippen LogP contribution is 2.09. The fourth-order valence-electron chi connectivity index (χ4n) is 1.48. The maximum absolute atomic E-state index is 5.76. The lowest BCUT2D eigenvalue weighted by atomic mass is 10.1. The van der Waals surface area contributed by atoms with Gasteiger partial charge in [0, 0.05) is 25.0 Å². The first-order valence-corrected chi connectivity index (χ1v) is 5.15. The van der Waals surface area contributed by atoms with Crippen molar-refractivity contribution in [1.82, 2.24) is 4.90 Å². The molecule has 1 saturated heterocycles. The molecule has 2 atom stereocenters. The Morgan fingerprint density at radius 1 is 1.67 bits per heavy atom. The predicted octanol–water partition coefficient (Wildman–Crippen LogP) is 1.58. The highest BCUT2D eigenvalue weighted by molar-refractivity contribution is 6.18. The number of hydrogen-bond donors (Lipinski definition) is 0. The zero-order chi connectivity index (χ0) is 8.97. The smallest absolute Gasteiger partial charge is 0.0619 e. The van der Waals surface area contributed by atoms with Crippen LogP contribution in [0.1, 0.15) is 13.8 Å². The van der Waals surface area contributed by atoms with Gasteiger partial charge in [-0.3, -0.25) is 4.90 Å². The van der Waals surface area contributed by atoms with E-state index in [1.807, 2.05) is 0 Å². The molecule has 12 heavy (non-hydrogen) atoms. The SMILES string of the molecule is CC(CCl)CN1CCOCC1C. The van der Waals surface area contributed by atoms with Crippen LogP contribution in [0.4, 0.5) is 0 Å². The molecule has 0 aromatic rings. The summed E-state index contributed by atoms with van der Waals surface area (Å²) < 4.78 is 5.35. The van der Waals surface area contributed by atoms with Gasteiger partial charge in [-0.15, -0.1) is 11.6 Å². The molecule has 1 rings (SSSR count). The lowest BCUT2D eigenvalue weighted by Gasteiger charge is -2.34. The van der Waals surface area contributed by atoms with Gasteiger partial charge in [0.05, 0.1) is 13.2 Å². The lowest BCUT2D eigenvalue weighted by molar-refractivity contribution is -0.00499. The number of ether oxygens (including phenoxy) is 1. The second-order valence-corrected chi connectivity index (χ2v) is 3.99. The standard InChI is InChI=1S/C9H18ClNO/c1-8(5-10)6-11-3-4-12-7-9(11)2/h8-9H,3-7H2,1-2H3. The molecule has 0 N–H and O–H groups in total. The minimum Gasteiger partial charge on any atom is -0.379 e. The average molecular weight is 192 g/mol. The van der Waals surface area contributed by atoms with Crippen LogP contribution in [0.5, 0.6) is 0 Å². The van der Waals surface area contributed by atoms with Crippen LogP contribution >= 0.6 is 11.6 Å². The van der Waals surface area contributed by atoms with Crippen molar-refractivity contribution in [3.63, 3.8) is 0 Å². The molecule has 2 unspecified atom stereocenters. The van der Waals surface area contributed by atoms with Crippen LogP contribution in [0.25, 0.3) is 0 Å². The Morgan fingerprint density at radius 3 is 3.00 bits per heavy atom. The van der Waals surface area contributed by atoms with Crippen LogP contribution in [0.3, 0.4) is 0 Å². The summed E-state index contributed by atoms with van der Waals surface area (Å²) in [6.45, 7) is 8.31. The van der Waals surface area contributed by atoms with Crippen molar-refractivity contribution in [1.29, 1.82) is 0 Å². The summed E-state index contributed by atoms with van der Waals surface area (Å²) in [5.41, 5.74) is 0. The van der Waals surface area contributed by atoms with Gasteiger partial charge in [0.25, 0.3) is 0 Å². The zero-order valence-electron chi connectivity index (χ0n) is 7.92. The molecule has 0 aromatic carbocycles. The summed E-state index contributed by atoms with van der Waals surface area (Å²) >= 11 is 5.76. The van der Waals surface area contributed by atoms with E-state index < -0.39 is 0 Å². The topological polar surface area (TPSA) is 12.5 Å². The number of morpholine rings is 1. The lowest BCUT2D eigenvalue weighted by Crippen LogP contribution is -2.45. The van der Waals surface area contributed by atoms with Gasteiger partial charge in [0.1, 0.15) is 0 Å². The summed E-state index contributed by atoms with van der Waals surface area (Å²) in [4.78, 5) is 2.45. The second-order valence-electron chi connectivity index (χ2n) is 3.68. The van der Waals surface area contributed by atoms with E-state index in [-0.39, 0.29) is 0 Å². The van der Waals surface area contributed by atoms with Gasteiger partial charge in [-0.1, -0.05) is 6.92 Å². The van der Waals surface area contributed by atoms with E-state index in [2.05, 4.69) is 18.7 Å². The van der Waals surface area contributed by atoms with Crippen molar-refractivity contribution >= 4 is 11.6 Å². The average Bonchev–Trinajstić information content (AvgIpc) is 2.09. The summed E-state index contributed by atoms with van der Waals surface area (Å²) in [7, 11) is 0. The van der Waals surface area contributed by atoms with Gasteiger partial charge >= 0.3 is 0 Å². The monoisotopic (exact) mass is 191 g/mol. The van der Waals surface area contributed by atoms with E-state index in [1.165, 1.54) is 0 Å². The summed E-state index contributed by atoms with van der Waals surface area (Å²) in [5, 5.41) is 0. The molecule has 72 valence electrons. The molecule has 0 aliphatic carbocycles. The van der Waals surface area contributed by atoms with Gasteiger partial charge in [-0.25, -0.2) is 0 Å². The van der Waals surface area contributed by atoms with Crippen molar-refractivity contribution in [2.45, 2.75) is 19.9 Å². The molecule has 0 saturated carbocycles. The van der Waals surface area contributed by atoms with E-state index in [1.54, 1.807) is 0 Å². The summed E-state index contributed by atoms with van der Waals surface area (Å²) in [5.74, 6) is 1.34. The van der Waals surface area contributed by atoms with Gasteiger partial charge in [-0.05, 0) is 12.8 Å². The van der Waals surface area contributed by atoms with Crippen LogP contribution in [0.2, 0.25) is 0 Å². The molecule has 1 fully saturated rings. The third kappa shape index (κ3) is 2.92. The first-order valence-electron chi connectivity index (χ1n) is 4.61. The third-order valence-corrected chi connectivity index (χ3v) is 2.84. The number of hydrogen-bond acceptors (Lipinski definition) is 2. The van der Waals surface area contributed by atoms with E-state index in [4.69, 9.17) is 16.3 Å². The van der Waals surface area contributed by atoms with Crippen molar-refractivity contribution in [3.05, 3.63) is 0 Å². The first kappa shape index (κ1) is 10.3. The second kappa shape index (κ2) is 5.05. The molecular weight excluding hydrogens is 174 g/mol. The fraction of sp³-hybridized carbons (Fsp3) is 1.00. The number of rotatable bonds is 3. The van der Waals surface area contributed by atoms with E-state index in [9.17, 15) is 0 Å². The Kier molecular flexibility index (Phi) is 4.33. The van der Waals surface area contributed by atoms with Crippen molar-refractivity contribution in [2.75, 3.05) is 32.2 Å². The Hall–Kier alpha value is 0.210. The molecule has 0 aromatic heterocycles. The molecule has 1 heterocycles. The van der Waals surface area contributed by atoms with E-state index >= 15 is 0 Å². The van der Waals surface area contributed by atoms with Crippen LogP contribution in [0, 0.1) is 5.92 Å². The Balaban J connectivity index is 2.28. The molecule has 2 nitrogen and oxygen atoms in total. The molecule has 1 aliphatic heterocycles. The van der Waals surface area contributed by atoms with Gasteiger partial charge in [0.2, 0.25) is 0 Å². The van der Waals surface area contributed by atoms with E-state index in [0.29, 0.717) is 12.0 Å². The van der Waals surface area contributed by atoms with E-state index in [0.717, 1.165) is 32.2 Å². The highest BCUT2D eigenvalue weighted by Gasteiger charge is 2.19. The van der Waals surface area contributed by atoms with Gasteiger partial charge in [-0.2, -0.15) is 0 Å². The Morgan fingerprint density at radius 2 is 2.42 bits per heavy atom. The normalized spacial score (nSPS) is 28.8. The minimum absolute atomic E-state index is 0.560. The maximum atomic E-state index is 5.76. The fourth-order valence-corrected chi connectivity index (χ4v) is 1.58.